The maximum atomic E-state index is 8.83. The summed E-state index contributed by atoms with van der Waals surface area (Å²) in [5.74, 6) is 2.99. The number of hydrogen-bond acceptors (Lipinski definition) is 8. The van der Waals surface area contributed by atoms with Gasteiger partial charge < -0.3 is 20.1 Å². The van der Waals surface area contributed by atoms with Gasteiger partial charge in [0.15, 0.2) is 17.3 Å². The first kappa shape index (κ1) is 19.7. The number of nitrogens with zero attached hydrogens (tertiary/aromatic N) is 4. The summed E-state index contributed by atoms with van der Waals surface area (Å²) in [7, 11) is 1.63. The lowest BCUT2D eigenvalue weighted by Crippen LogP contribution is -2.33. The Kier molecular flexibility index (Phi) is 6.06. The first-order chi connectivity index (χ1) is 14.8. The van der Waals surface area contributed by atoms with Gasteiger partial charge in [-0.2, -0.15) is 10.4 Å². The monoisotopic (exact) mass is 405 g/mol. The second-order valence-electron chi connectivity index (χ2n) is 7.06. The molecule has 0 aliphatic carbocycles. The first-order valence-electron chi connectivity index (χ1n) is 9.84. The zero-order valence-corrected chi connectivity index (χ0v) is 16.7. The highest BCUT2D eigenvalue weighted by atomic mass is 16.5. The summed E-state index contributed by atoms with van der Waals surface area (Å²) in [5, 5.41) is 30.4. The average molecular weight is 405 g/mol. The fourth-order valence-corrected chi connectivity index (χ4v) is 3.44. The lowest BCUT2D eigenvalue weighted by atomic mass is 10.0. The van der Waals surface area contributed by atoms with Gasteiger partial charge in [-0.3, -0.25) is 5.10 Å². The second-order valence-corrected chi connectivity index (χ2v) is 7.06. The van der Waals surface area contributed by atoms with Crippen molar-refractivity contribution in [3.05, 3.63) is 42.1 Å². The van der Waals surface area contributed by atoms with E-state index in [9.17, 15) is 0 Å². The minimum atomic E-state index is 0.257. The Balaban J connectivity index is 1.54. The van der Waals surface area contributed by atoms with E-state index in [1.165, 1.54) is 6.42 Å². The number of aromatic nitrogens is 4. The third-order valence-corrected chi connectivity index (χ3v) is 4.96. The number of methoxy groups -OCH3 is 1. The predicted octanol–water partition coefficient (Wildman–Crippen LogP) is 2.87. The standard InChI is InChI=1S/C21H23N7O2/c1-29-17-5-2-6-18(30-13-14-4-3-9-23-12-14)21(17)16-10-20(28-26-16)24-19-8-7-15(11-22)25-27-19/h2,5-8,10,14,23H,3-4,9,12-13H2,1H3,(H2,24,26,27,28). The molecule has 1 atom stereocenters. The van der Waals surface area contributed by atoms with Crippen molar-refractivity contribution in [1.82, 2.24) is 25.7 Å². The Morgan fingerprint density at radius 1 is 1.20 bits per heavy atom. The molecule has 2 aromatic heterocycles. The lowest BCUT2D eigenvalue weighted by molar-refractivity contribution is 0.218. The van der Waals surface area contributed by atoms with Crippen LogP contribution in [0.4, 0.5) is 11.6 Å². The van der Waals surface area contributed by atoms with Gasteiger partial charge in [-0.1, -0.05) is 6.07 Å². The molecular weight excluding hydrogens is 382 g/mol. The summed E-state index contributed by atoms with van der Waals surface area (Å²) in [5.41, 5.74) is 1.83. The van der Waals surface area contributed by atoms with Gasteiger partial charge in [0.1, 0.15) is 17.6 Å². The van der Waals surface area contributed by atoms with Gasteiger partial charge >= 0.3 is 0 Å². The number of rotatable bonds is 7. The van der Waals surface area contributed by atoms with Crippen LogP contribution in [0.3, 0.4) is 0 Å². The van der Waals surface area contributed by atoms with Crippen LogP contribution in [0.15, 0.2) is 36.4 Å². The van der Waals surface area contributed by atoms with Gasteiger partial charge in [0.05, 0.1) is 25.0 Å². The molecule has 9 nitrogen and oxygen atoms in total. The molecule has 154 valence electrons. The normalized spacial score (nSPS) is 15.9. The van der Waals surface area contributed by atoms with Crippen molar-refractivity contribution in [2.24, 2.45) is 5.92 Å². The summed E-state index contributed by atoms with van der Waals surface area (Å²) in [6.45, 7) is 2.70. The van der Waals surface area contributed by atoms with E-state index in [0.29, 0.717) is 29.9 Å². The summed E-state index contributed by atoms with van der Waals surface area (Å²) in [6.07, 6.45) is 2.34. The minimum Gasteiger partial charge on any atom is -0.496 e. The van der Waals surface area contributed by atoms with Crippen molar-refractivity contribution in [2.75, 3.05) is 32.1 Å². The van der Waals surface area contributed by atoms with Gasteiger partial charge in [-0.15, -0.1) is 10.2 Å². The quantitative estimate of drug-likeness (QED) is 0.549. The number of aromatic amines is 1. The van der Waals surface area contributed by atoms with E-state index in [-0.39, 0.29) is 5.69 Å². The topological polar surface area (TPSA) is 121 Å². The molecule has 9 heteroatoms. The van der Waals surface area contributed by atoms with Crippen molar-refractivity contribution in [3.63, 3.8) is 0 Å². The van der Waals surface area contributed by atoms with Gasteiger partial charge in [-0.25, -0.2) is 0 Å². The van der Waals surface area contributed by atoms with Crippen LogP contribution in [0.5, 0.6) is 11.5 Å². The van der Waals surface area contributed by atoms with Crippen molar-refractivity contribution < 1.29 is 9.47 Å². The second kappa shape index (κ2) is 9.24. The van der Waals surface area contributed by atoms with Crippen LogP contribution < -0.4 is 20.1 Å². The summed E-state index contributed by atoms with van der Waals surface area (Å²) in [4.78, 5) is 0. The molecule has 30 heavy (non-hydrogen) atoms. The molecular formula is C21H23N7O2. The third kappa shape index (κ3) is 4.50. The lowest BCUT2D eigenvalue weighted by Gasteiger charge is -2.23. The molecule has 0 amide bonds. The molecule has 0 saturated carbocycles. The molecule has 3 aromatic rings. The van der Waals surface area contributed by atoms with Crippen LogP contribution in [0.2, 0.25) is 0 Å². The van der Waals surface area contributed by atoms with E-state index >= 15 is 0 Å². The van der Waals surface area contributed by atoms with E-state index in [1.807, 2.05) is 30.3 Å². The van der Waals surface area contributed by atoms with Crippen LogP contribution in [0, 0.1) is 17.2 Å². The largest absolute Gasteiger partial charge is 0.496 e. The average Bonchev–Trinajstić information content (AvgIpc) is 3.26. The maximum absolute atomic E-state index is 8.83. The maximum Gasteiger partial charge on any atom is 0.163 e. The zero-order valence-electron chi connectivity index (χ0n) is 16.7. The van der Waals surface area contributed by atoms with Crippen molar-refractivity contribution >= 4 is 11.6 Å². The number of nitrogens with one attached hydrogen (secondary N) is 3. The van der Waals surface area contributed by atoms with Crippen LogP contribution in [-0.4, -0.2) is 47.2 Å². The smallest absolute Gasteiger partial charge is 0.163 e. The number of benzene rings is 1. The molecule has 3 heterocycles. The number of anilines is 2. The number of nitriles is 1. The van der Waals surface area contributed by atoms with Gasteiger partial charge in [0.2, 0.25) is 0 Å². The molecule has 0 radical (unpaired) electrons. The van der Waals surface area contributed by atoms with Crippen molar-refractivity contribution in [1.29, 1.82) is 5.26 Å². The fourth-order valence-electron chi connectivity index (χ4n) is 3.44. The van der Waals surface area contributed by atoms with Crippen molar-refractivity contribution in [2.45, 2.75) is 12.8 Å². The Morgan fingerprint density at radius 3 is 2.83 bits per heavy atom. The molecule has 1 fully saturated rings. The molecule has 1 aromatic carbocycles. The van der Waals surface area contributed by atoms with Gasteiger partial charge in [0.25, 0.3) is 0 Å². The van der Waals surface area contributed by atoms with E-state index < -0.39 is 0 Å². The van der Waals surface area contributed by atoms with Crippen LogP contribution >= 0.6 is 0 Å². The molecule has 0 bridgehead atoms. The SMILES string of the molecule is COc1cccc(OCC2CCCNC2)c1-c1cc(Nc2ccc(C#N)nn2)n[nH]1. The van der Waals surface area contributed by atoms with E-state index in [1.54, 1.807) is 19.2 Å². The minimum absolute atomic E-state index is 0.257. The van der Waals surface area contributed by atoms with Crippen molar-refractivity contribution in [3.8, 4) is 28.8 Å². The van der Waals surface area contributed by atoms with E-state index in [0.717, 1.165) is 36.5 Å². The number of hydrogen-bond donors (Lipinski definition) is 3. The summed E-state index contributed by atoms with van der Waals surface area (Å²) in [6, 6.07) is 12.8. The molecule has 1 aliphatic rings. The van der Waals surface area contributed by atoms with E-state index in [4.69, 9.17) is 14.7 Å². The van der Waals surface area contributed by atoms with Crippen LogP contribution in [-0.2, 0) is 0 Å². The molecule has 1 unspecified atom stereocenters. The number of ether oxygens (including phenoxy) is 2. The Hall–Kier alpha value is -3.64. The first-order valence-corrected chi connectivity index (χ1v) is 9.84. The molecule has 1 saturated heterocycles. The van der Waals surface area contributed by atoms with Crippen LogP contribution in [0.1, 0.15) is 18.5 Å². The Morgan fingerprint density at radius 2 is 2.10 bits per heavy atom. The van der Waals surface area contributed by atoms with E-state index in [2.05, 4.69) is 31.0 Å². The molecule has 4 rings (SSSR count). The molecule has 1 aliphatic heterocycles. The third-order valence-electron chi connectivity index (χ3n) is 4.96. The van der Waals surface area contributed by atoms with Crippen LogP contribution in [0.25, 0.3) is 11.3 Å². The van der Waals surface area contributed by atoms with Gasteiger partial charge in [0, 0.05) is 18.5 Å². The summed E-state index contributed by atoms with van der Waals surface area (Å²) >= 11 is 0. The summed E-state index contributed by atoms with van der Waals surface area (Å²) < 4.78 is 11.8. The molecule has 3 N–H and O–H groups in total. The highest BCUT2D eigenvalue weighted by Crippen LogP contribution is 2.38. The Bertz CT molecular complexity index is 1020. The number of H-pyrrole nitrogens is 1. The highest BCUT2D eigenvalue weighted by molar-refractivity contribution is 5.76. The van der Waals surface area contributed by atoms with Gasteiger partial charge in [-0.05, 0) is 43.7 Å². The predicted molar refractivity (Wildman–Crippen MR) is 112 cm³/mol. The highest BCUT2D eigenvalue weighted by Gasteiger charge is 2.18. The Labute approximate surface area is 174 Å². The molecule has 0 spiro atoms. The fraction of sp³-hybridized carbons (Fsp3) is 0.333. The number of piperidine rings is 1. The zero-order chi connectivity index (χ0) is 20.8.